The zero-order valence-corrected chi connectivity index (χ0v) is 15.6. The van der Waals surface area contributed by atoms with Gasteiger partial charge in [0.25, 0.3) is 0 Å². The predicted octanol–water partition coefficient (Wildman–Crippen LogP) is 4.14. The fourth-order valence-electron chi connectivity index (χ4n) is 3.08. The van der Waals surface area contributed by atoms with Crippen molar-refractivity contribution in [3.63, 3.8) is 0 Å². The number of methoxy groups -OCH3 is 1. The zero-order chi connectivity index (χ0) is 17.8. The van der Waals surface area contributed by atoms with Crippen LogP contribution in [0.1, 0.15) is 15.9 Å². The van der Waals surface area contributed by atoms with Crippen LogP contribution in [0.15, 0.2) is 36.4 Å². The van der Waals surface area contributed by atoms with Gasteiger partial charge < -0.3 is 9.64 Å². The van der Waals surface area contributed by atoms with Crippen LogP contribution in [0.4, 0.5) is 5.69 Å². The molecular weight excluding hydrogens is 359 g/mol. The molecule has 25 heavy (non-hydrogen) atoms. The fraction of sp³-hybridized carbons (Fsp3) is 0.316. The number of rotatable bonds is 5. The second-order valence-electron chi connectivity index (χ2n) is 6.05. The molecule has 3 rings (SSSR count). The molecule has 4 nitrogen and oxygen atoms in total. The van der Waals surface area contributed by atoms with E-state index in [9.17, 15) is 4.79 Å². The van der Waals surface area contributed by atoms with Gasteiger partial charge in [0.05, 0.1) is 17.2 Å². The molecule has 0 radical (unpaired) electrons. The van der Waals surface area contributed by atoms with E-state index in [-0.39, 0.29) is 0 Å². The topological polar surface area (TPSA) is 32.8 Å². The smallest absolute Gasteiger partial charge is 0.150 e. The molecule has 1 saturated heterocycles. The molecule has 0 bridgehead atoms. The quantitative estimate of drug-likeness (QED) is 0.732. The van der Waals surface area contributed by atoms with Gasteiger partial charge >= 0.3 is 0 Å². The van der Waals surface area contributed by atoms with E-state index in [0.717, 1.165) is 56.0 Å². The first kappa shape index (κ1) is 18.1. The lowest BCUT2D eigenvalue weighted by Crippen LogP contribution is -2.46. The van der Waals surface area contributed by atoms with Gasteiger partial charge in [-0.25, -0.2) is 0 Å². The number of halogens is 2. The number of hydrogen-bond acceptors (Lipinski definition) is 4. The van der Waals surface area contributed by atoms with E-state index in [4.69, 9.17) is 27.9 Å². The van der Waals surface area contributed by atoms with Gasteiger partial charge in [-0.05, 0) is 36.4 Å². The molecule has 0 saturated carbocycles. The van der Waals surface area contributed by atoms with Crippen molar-refractivity contribution in [2.75, 3.05) is 38.2 Å². The summed E-state index contributed by atoms with van der Waals surface area (Å²) in [6.07, 6.45) is 0.866. The van der Waals surface area contributed by atoms with E-state index < -0.39 is 0 Å². The summed E-state index contributed by atoms with van der Waals surface area (Å²) in [7, 11) is 1.65. The van der Waals surface area contributed by atoms with Crippen molar-refractivity contribution in [2.24, 2.45) is 0 Å². The van der Waals surface area contributed by atoms with Gasteiger partial charge in [-0.15, -0.1) is 0 Å². The maximum atomic E-state index is 11.0. The van der Waals surface area contributed by atoms with Crippen molar-refractivity contribution < 1.29 is 9.53 Å². The molecule has 1 heterocycles. The van der Waals surface area contributed by atoms with Crippen molar-refractivity contribution in [1.29, 1.82) is 0 Å². The molecule has 132 valence electrons. The van der Waals surface area contributed by atoms with Crippen LogP contribution in [-0.2, 0) is 6.54 Å². The Morgan fingerprint density at radius 1 is 1.04 bits per heavy atom. The summed E-state index contributed by atoms with van der Waals surface area (Å²) in [5.41, 5.74) is 2.80. The first-order chi connectivity index (χ1) is 12.1. The van der Waals surface area contributed by atoms with E-state index in [0.29, 0.717) is 15.6 Å². The lowest BCUT2D eigenvalue weighted by molar-refractivity contribution is 0.112. The van der Waals surface area contributed by atoms with Crippen LogP contribution >= 0.6 is 23.2 Å². The summed E-state index contributed by atoms with van der Waals surface area (Å²) in [6, 6.07) is 11.3. The van der Waals surface area contributed by atoms with Gasteiger partial charge in [0.1, 0.15) is 12.0 Å². The summed E-state index contributed by atoms with van der Waals surface area (Å²) in [6.45, 7) is 4.44. The number of benzene rings is 2. The average molecular weight is 379 g/mol. The van der Waals surface area contributed by atoms with E-state index in [1.807, 2.05) is 30.3 Å². The highest BCUT2D eigenvalue weighted by Crippen LogP contribution is 2.28. The molecule has 1 fully saturated rings. The molecule has 0 amide bonds. The van der Waals surface area contributed by atoms with E-state index in [1.54, 1.807) is 13.2 Å². The second kappa shape index (κ2) is 8.09. The Balaban J connectivity index is 1.64. The first-order valence-electron chi connectivity index (χ1n) is 8.15. The fourth-order valence-corrected chi connectivity index (χ4v) is 3.37. The van der Waals surface area contributed by atoms with Crippen LogP contribution < -0.4 is 9.64 Å². The van der Waals surface area contributed by atoms with Crippen molar-refractivity contribution >= 4 is 35.2 Å². The summed E-state index contributed by atoms with van der Waals surface area (Å²) in [4.78, 5) is 15.7. The monoisotopic (exact) mass is 378 g/mol. The van der Waals surface area contributed by atoms with E-state index in [2.05, 4.69) is 9.80 Å². The predicted molar refractivity (Wildman–Crippen MR) is 102 cm³/mol. The number of hydrogen-bond donors (Lipinski definition) is 0. The van der Waals surface area contributed by atoms with Crippen molar-refractivity contribution in [2.45, 2.75) is 6.54 Å². The minimum absolute atomic E-state index is 0.575. The molecular formula is C19H20Cl2N2O2. The van der Waals surface area contributed by atoms with E-state index in [1.165, 1.54) is 0 Å². The minimum atomic E-state index is 0.575. The molecule has 0 atom stereocenters. The number of carbonyl (C=O) groups excluding carboxylic acids is 1. The number of aldehydes is 1. The SMILES string of the molecule is COc1ccc(C=O)cc1CN1CCN(c2ccc(Cl)c(Cl)c2)CC1. The molecule has 2 aromatic rings. The number of nitrogens with zero attached hydrogens (tertiary/aromatic N) is 2. The molecule has 0 spiro atoms. The van der Waals surface area contributed by atoms with E-state index >= 15 is 0 Å². The van der Waals surface area contributed by atoms with Crippen LogP contribution in [0, 0.1) is 0 Å². The molecule has 0 aliphatic carbocycles. The lowest BCUT2D eigenvalue weighted by atomic mass is 10.1. The highest BCUT2D eigenvalue weighted by molar-refractivity contribution is 6.42. The minimum Gasteiger partial charge on any atom is -0.496 e. The number of anilines is 1. The Hall–Kier alpha value is -1.75. The highest BCUT2D eigenvalue weighted by atomic mass is 35.5. The molecule has 0 N–H and O–H groups in total. The van der Waals surface area contributed by atoms with Gasteiger partial charge in [0, 0.05) is 49.5 Å². The maximum Gasteiger partial charge on any atom is 0.150 e. The third kappa shape index (κ3) is 4.27. The number of piperazine rings is 1. The van der Waals surface area contributed by atoms with Gasteiger partial charge in [-0.1, -0.05) is 23.2 Å². The third-order valence-corrected chi connectivity index (χ3v) is 5.21. The Labute approximate surface area is 157 Å². The van der Waals surface area contributed by atoms with Gasteiger partial charge in [0.15, 0.2) is 0 Å². The number of ether oxygens (including phenoxy) is 1. The Bertz CT molecular complexity index is 759. The molecule has 0 aromatic heterocycles. The maximum absolute atomic E-state index is 11.0. The summed E-state index contributed by atoms with van der Waals surface area (Å²) in [5.74, 6) is 0.817. The van der Waals surface area contributed by atoms with Crippen LogP contribution in [-0.4, -0.2) is 44.5 Å². The van der Waals surface area contributed by atoms with Crippen molar-refractivity contribution in [3.8, 4) is 5.75 Å². The van der Waals surface area contributed by atoms with Crippen molar-refractivity contribution in [1.82, 2.24) is 4.90 Å². The molecule has 0 unspecified atom stereocenters. The highest BCUT2D eigenvalue weighted by Gasteiger charge is 2.19. The normalized spacial score (nSPS) is 15.2. The molecule has 6 heteroatoms. The van der Waals surface area contributed by atoms with Crippen molar-refractivity contribution in [3.05, 3.63) is 57.6 Å². The lowest BCUT2D eigenvalue weighted by Gasteiger charge is -2.36. The Morgan fingerprint density at radius 2 is 1.80 bits per heavy atom. The molecule has 1 aliphatic heterocycles. The third-order valence-electron chi connectivity index (χ3n) is 4.48. The largest absolute Gasteiger partial charge is 0.496 e. The Kier molecular flexibility index (Phi) is 5.84. The van der Waals surface area contributed by atoms with Gasteiger partial charge in [-0.3, -0.25) is 9.69 Å². The van der Waals surface area contributed by atoms with Crippen LogP contribution in [0.2, 0.25) is 10.0 Å². The summed E-state index contributed by atoms with van der Waals surface area (Å²) >= 11 is 12.1. The van der Waals surface area contributed by atoms with Gasteiger partial charge in [0.2, 0.25) is 0 Å². The Morgan fingerprint density at radius 3 is 2.44 bits per heavy atom. The molecule has 2 aromatic carbocycles. The summed E-state index contributed by atoms with van der Waals surface area (Å²) < 4.78 is 5.42. The van der Waals surface area contributed by atoms with Crippen LogP contribution in [0.3, 0.4) is 0 Å². The standard InChI is InChI=1S/C19H20Cl2N2O2/c1-25-19-5-2-14(13-24)10-15(19)12-22-6-8-23(9-7-22)16-3-4-17(20)18(21)11-16/h2-5,10-11,13H,6-9,12H2,1H3. The summed E-state index contributed by atoms with van der Waals surface area (Å²) in [5, 5.41) is 1.16. The number of carbonyl (C=O) groups is 1. The second-order valence-corrected chi connectivity index (χ2v) is 6.87. The van der Waals surface area contributed by atoms with Crippen LogP contribution in [0.25, 0.3) is 0 Å². The van der Waals surface area contributed by atoms with Gasteiger partial charge in [-0.2, -0.15) is 0 Å². The zero-order valence-electron chi connectivity index (χ0n) is 14.0. The molecule has 1 aliphatic rings. The van der Waals surface area contributed by atoms with Crippen LogP contribution in [0.5, 0.6) is 5.75 Å². The average Bonchev–Trinajstić information content (AvgIpc) is 2.64. The first-order valence-corrected chi connectivity index (χ1v) is 8.91.